The molecule has 0 saturated carbocycles. The van der Waals surface area contributed by atoms with Crippen LogP contribution in [-0.4, -0.2) is 17.6 Å². The number of carbonyl (C=O) groups excluding carboxylic acids is 1. The minimum Gasteiger partial charge on any atom is -0.466 e. The molecule has 0 aliphatic carbocycles. The second-order valence-electron chi connectivity index (χ2n) is 4.14. The molecule has 0 radical (unpaired) electrons. The van der Waals surface area contributed by atoms with Gasteiger partial charge in [-0.15, -0.1) is 11.3 Å². The van der Waals surface area contributed by atoms with Crippen molar-refractivity contribution in [2.45, 2.75) is 26.7 Å². The monoisotopic (exact) mass is 275 g/mol. The van der Waals surface area contributed by atoms with Crippen molar-refractivity contribution < 1.29 is 9.53 Å². The maximum Gasteiger partial charge on any atom is 0.311 e. The van der Waals surface area contributed by atoms with Gasteiger partial charge in [-0.25, -0.2) is 4.98 Å². The Bertz CT molecular complexity index is 563. The molecule has 2 aromatic rings. The van der Waals surface area contributed by atoms with Gasteiger partial charge in [0, 0.05) is 10.9 Å². The van der Waals surface area contributed by atoms with E-state index in [9.17, 15) is 4.79 Å². The van der Waals surface area contributed by atoms with E-state index in [0.717, 1.165) is 22.7 Å². The predicted octanol–water partition coefficient (Wildman–Crippen LogP) is 3.48. The van der Waals surface area contributed by atoms with E-state index in [-0.39, 0.29) is 12.4 Å². The number of aromatic nitrogens is 1. The van der Waals surface area contributed by atoms with Crippen LogP contribution in [-0.2, 0) is 22.4 Å². The third-order valence-corrected chi connectivity index (χ3v) is 3.74. The number of rotatable bonds is 5. The second kappa shape index (κ2) is 6.48. The van der Waals surface area contributed by atoms with Crippen LogP contribution in [0.1, 0.15) is 25.1 Å². The van der Waals surface area contributed by atoms with Crippen LogP contribution < -0.4 is 0 Å². The summed E-state index contributed by atoms with van der Waals surface area (Å²) < 4.78 is 4.93. The summed E-state index contributed by atoms with van der Waals surface area (Å²) in [5.74, 6) is -0.219. The summed E-state index contributed by atoms with van der Waals surface area (Å²) in [6.45, 7) is 4.35. The molecule has 1 aromatic carbocycles. The Morgan fingerprint density at radius 1 is 1.32 bits per heavy atom. The third kappa shape index (κ3) is 3.41. The number of benzene rings is 1. The highest BCUT2D eigenvalue weighted by Gasteiger charge is 2.11. The standard InChI is InChI=1S/C15H17NO2S/c1-3-11-7-5-6-8-13(11)15-16-12(10-19-15)9-14(17)18-4-2/h5-8,10H,3-4,9H2,1-2H3. The Morgan fingerprint density at radius 2 is 2.11 bits per heavy atom. The molecular formula is C15H17NO2S. The summed E-state index contributed by atoms with van der Waals surface area (Å²) in [4.78, 5) is 16.0. The highest BCUT2D eigenvalue weighted by molar-refractivity contribution is 7.13. The molecule has 0 amide bonds. The lowest BCUT2D eigenvalue weighted by Gasteiger charge is -2.03. The zero-order valence-electron chi connectivity index (χ0n) is 11.2. The van der Waals surface area contributed by atoms with Crippen molar-refractivity contribution in [3.63, 3.8) is 0 Å². The fourth-order valence-electron chi connectivity index (χ4n) is 1.91. The molecule has 2 rings (SSSR count). The van der Waals surface area contributed by atoms with E-state index in [0.29, 0.717) is 6.61 Å². The van der Waals surface area contributed by atoms with Gasteiger partial charge in [0.05, 0.1) is 18.7 Å². The van der Waals surface area contributed by atoms with Crippen LogP contribution in [0, 0.1) is 0 Å². The number of hydrogen-bond donors (Lipinski definition) is 0. The van der Waals surface area contributed by atoms with E-state index >= 15 is 0 Å². The van der Waals surface area contributed by atoms with Crippen LogP contribution in [0.3, 0.4) is 0 Å². The maximum atomic E-state index is 11.4. The lowest BCUT2D eigenvalue weighted by atomic mass is 10.1. The minimum atomic E-state index is -0.219. The topological polar surface area (TPSA) is 39.2 Å². The number of hydrogen-bond acceptors (Lipinski definition) is 4. The normalized spacial score (nSPS) is 10.4. The molecule has 0 N–H and O–H groups in total. The zero-order chi connectivity index (χ0) is 13.7. The first-order chi connectivity index (χ1) is 9.24. The fraction of sp³-hybridized carbons (Fsp3) is 0.333. The molecule has 0 fully saturated rings. The molecule has 0 aliphatic heterocycles. The van der Waals surface area contributed by atoms with Gasteiger partial charge in [-0.05, 0) is 18.9 Å². The molecule has 19 heavy (non-hydrogen) atoms. The summed E-state index contributed by atoms with van der Waals surface area (Å²) in [7, 11) is 0. The quantitative estimate of drug-likeness (QED) is 0.784. The Morgan fingerprint density at radius 3 is 2.84 bits per heavy atom. The molecule has 0 bridgehead atoms. The Kier molecular flexibility index (Phi) is 4.68. The molecule has 0 aliphatic rings. The zero-order valence-corrected chi connectivity index (χ0v) is 12.0. The molecule has 3 nitrogen and oxygen atoms in total. The van der Waals surface area contributed by atoms with Crippen LogP contribution in [0.2, 0.25) is 0 Å². The van der Waals surface area contributed by atoms with E-state index in [1.165, 1.54) is 5.56 Å². The largest absolute Gasteiger partial charge is 0.466 e. The van der Waals surface area contributed by atoms with Crippen molar-refractivity contribution in [1.82, 2.24) is 4.98 Å². The lowest BCUT2D eigenvalue weighted by Crippen LogP contribution is -2.07. The van der Waals surface area contributed by atoms with E-state index in [4.69, 9.17) is 4.74 Å². The van der Waals surface area contributed by atoms with Crippen molar-refractivity contribution in [3.8, 4) is 10.6 Å². The molecule has 0 spiro atoms. The molecule has 4 heteroatoms. The van der Waals surface area contributed by atoms with Crippen LogP contribution in [0.4, 0.5) is 0 Å². The third-order valence-electron chi connectivity index (χ3n) is 2.81. The molecule has 100 valence electrons. The molecule has 1 aromatic heterocycles. The smallest absolute Gasteiger partial charge is 0.311 e. The summed E-state index contributed by atoms with van der Waals surface area (Å²) in [6.07, 6.45) is 1.22. The first kappa shape index (κ1) is 13.7. The Hall–Kier alpha value is -1.68. The van der Waals surface area contributed by atoms with Crippen molar-refractivity contribution in [2.24, 2.45) is 0 Å². The van der Waals surface area contributed by atoms with Gasteiger partial charge in [0.25, 0.3) is 0 Å². The van der Waals surface area contributed by atoms with E-state index in [1.54, 1.807) is 11.3 Å². The average molecular weight is 275 g/mol. The highest BCUT2D eigenvalue weighted by Crippen LogP contribution is 2.27. The van der Waals surface area contributed by atoms with Crippen molar-refractivity contribution in [1.29, 1.82) is 0 Å². The number of thiazole rings is 1. The van der Waals surface area contributed by atoms with Crippen molar-refractivity contribution in [2.75, 3.05) is 6.61 Å². The molecule has 1 heterocycles. The van der Waals surface area contributed by atoms with Gasteiger partial charge in [0.15, 0.2) is 0 Å². The van der Waals surface area contributed by atoms with Gasteiger partial charge in [0.1, 0.15) is 5.01 Å². The maximum absolute atomic E-state index is 11.4. The molecule has 0 atom stereocenters. The second-order valence-corrected chi connectivity index (χ2v) is 4.99. The van der Waals surface area contributed by atoms with Crippen LogP contribution in [0.25, 0.3) is 10.6 Å². The first-order valence-electron chi connectivity index (χ1n) is 6.42. The van der Waals surface area contributed by atoms with E-state index in [2.05, 4.69) is 24.0 Å². The van der Waals surface area contributed by atoms with Gasteiger partial charge in [-0.3, -0.25) is 4.79 Å². The molecular weight excluding hydrogens is 258 g/mol. The van der Waals surface area contributed by atoms with Gasteiger partial charge in [-0.1, -0.05) is 31.2 Å². The summed E-state index contributed by atoms with van der Waals surface area (Å²) >= 11 is 1.57. The number of esters is 1. The van der Waals surface area contributed by atoms with Gasteiger partial charge >= 0.3 is 5.97 Å². The summed E-state index contributed by atoms with van der Waals surface area (Å²) in [5.41, 5.74) is 3.22. The van der Waals surface area contributed by atoms with Crippen LogP contribution in [0.5, 0.6) is 0 Å². The summed E-state index contributed by atoms with van der Waals surface area (Å²) in [6, 6.07) is 8.24. The van der Waals surface area contributed by atoms with Gasteiger partial charge < -0.3 is 4.74 Å². The fourth-order valence-corrected chi connectivity index (χ4v) is 2.79. The SMILES string of the molecule is CCOC(=O)Cc1csc(-c2ccccc2CC)n1. The van der Waals surface area contributed by atoms with E-state index < -0.39 is 0 Å². The number of aryl methyl sites for hydroxylation is 1. The van der Waals surface area contributed by atoms with Crippen LogP contribution in [0.15, 0.2) is 29.6 Å². The number of carbonyl (C=O) groups is 1. The Balaban J connectivity index is 2.19. The number of ether oxygens (including phenoxy) is 1. The predicted molar refractivity (Wildman–Crippen MR) is 77.3 cm³/mol. The average Bonchev–Trinajstić information content (AvgIpc) is 2.87. The Labute approximate surface area is 117 Å². The molecule has 0 unspecified atom stereocenters. The van der Waals surface area contributed by atoms with Crippen molar-refractivity contribution in [3.05, 3.63) is 40.9 Å². The number of nitrogens with zero attached hydrogens (tertiary/aromatic N) is 1. The minimum absolute atomic E-state index is 0.219. The van der Waals surface area contributed by atoms with E-state index in [1.807, 2.05) is 24.4 Å². The van der Waals surface area contributed by atoms with Crippen molar-refractivity contribution >= 4 is 17.3 Å². The molecule has 0 saturated heterocycles. The first-order valence-corrected chi connectivity index (χ1v) is 7.30. The highest BCUT2D eigenvalue weighted by atomic mass is 32.1. The van der Waals surface area contributed by atoms with Gasteiger partial charge in [0.2, 0.25) is 0 Å². The van der Waals surface area contributed by atoms with Gasteiger partial charge in [-0.2, -0.15) is 0 Å². The van der Waals surface area contributed by atoms with Crippen LogP contribution >= 0.6 is 11.3 Å². The summed E-state index contributed by atoms with van der Waals surface area (Å²) in [5, 5.41) is 2.90. The lowest BCUT2D eigenvalue weighted by molar-refractivity contribution is -0.142.